The Morgan fingerprint density at radius 1 is 0.826 bits per heavy atom. The van der Waals surface area contributed by atoms with Gasteiger partial charge >= 0.3 is 0 Å². The van der Waals surface area contributed by atoms with Crippen molar-refractivity contribution in [3.63, 3.8) is 0 Å². The summed E-state index contributed by atoms with van der Waals surface area (Å²) in [6.45, 7) is 9.51. The van der Waals surface area contributed by atoms with Gasteiger partial charge in [-0.1, -0.05) is 72.3 Å². The molecule has 0 aliphatic heterocycles. The van der Waals surface area contributed by atoms with E-state index in [0.717, 1.165) is 26.6 Å². The number of rotatable bonds is 14. The van der Waals surface area contributed by atoms with Crippen molar-refractivity contribution in [3.8, 4) is 5.75 Å². The normalized spacial score (nSPS) is 12.0. The van der Waals surface area contributed by atoms with Gasteiger partial charge in [0.1, 0.15) is 18.3 Å². The molecule has 46 heavy (non-hydrogen) atoms. The van der Waals surface area contributed by atoms with Gasteiger partial charge in [-0.05, 0) is 87.7 Å². The minimum absolute atomic E-state index is 0.0215. The zero-order valence-corrected chi connectivity index (χ0v) is 28.0. The number of sulfonamides is 1. The predicted molar refractivity (Wildman–Crippen MR) is 182 cm³/mol. The Bertz CT molecular complexity index is 1710. The molecule has 0 saturated carbocycles. The third-order valence-corrected chi connectivity index (χ3v) is 9.42. The van der Waals surface area contributed by atoms with E-state index in [9.17, 15) is 18.0 Å². The number of amides is 2. The van der Waals surface area contributed by atoms with Gasteiger partial charge in [0.15, 0.2) is 0 Å². The summed E-state index contributed by atoms with van der Waals surface area (Å²) < 4.78 is 35.1. The summed E-state index contributed by atoms with van der Waals surface area (Å²) in [4.78, 5) is 29.9. The van der Waals surface area contributed by atoms with Gasteiger partial charge in [0.25, 0.3) is 10.0 Å². The van der Waals surface area contributed by atoms with Gasteiger partial charge in [-0.25, -0.2) is 8.42 Å². The summed E-state index contributed by atoms with van der Waals surface area (Å²) in [5.74, 6) is -0.265. The number of anilines is 1. The van der Waals surface area contributed by atoms with E-state index in [1.807, 2.05) is 89.2 Å². The molecule has 0 aliphatic carbocycles. The first-order chi connectivity index (χ1) is 22.0. The second-order valence-corrected chi connectivity index (χ2v) is 13.4. The number of carbonyl (C=O) groups excluding carboxylic acids is 2. The van der Waals surface area contributed by atoms with Crippen LogP contribution in [-0.2, 0) is 32.6 Å². The molecule has 0 saturated heterocycles. The molecular weight excluding hydrogens is 598 g/mol. The van der Waals surface area contributed by atoms with Crippen LogP contribution in [0.5, 0.6) is 5.75 Å². The van der Waals surface area contributed by atoms with Crippen molar-refractivity contribution in [3.05, 3.63) is 125 Å². The van der Waals surface area contributed by atoms with E-state index in [0.29, 0.717) is 18.0 Å². The number of carbonyl (C=O) groups is 2. The monoisotopic (exact) mass is 641 g/mol. The van der Waals surface area contributed by atoms with Gasteiger partial charge in [-0.15, -0.1) is 0 Å². The number of hydrogen-bond donors (Lipinski definition) is 1. The molecule has 1 unspecified atom stereocenters. The standard InChI is InChI=1S/C37H43N3O5S/c1-6-45-33-20-22-34(23-21-33)46(43,44)40(32-18-16-28(4)17-19-32)26-36(41)39(25-31-15-11-10-12-29(31)5)35(37(42)38-27(2)3)24-30-13-8-7-9-14-30/h7-23,27,35H,6,24-26H2,1-5H3,(H,38,42). The Balaban J connectivity index is 1.80. The second kappa shape index (κ2) is 15.6. The molecule has 4 aromatic carbocycles. The third kappa shape index (κ3) is 8.75. The zero-order chi connectivity index (χ0) is 33.3. The van der Waals surface area contributed by atoms with Gasteiger partial charge in [-0.3, -0.25) is 13.9 Å². The van der Waals surface area contributed by atoms with E-state index in [2.05, 4.69) is 5.32 Å². The lowest BCUT2D eigenvalue weighted by molar-refractivity contribution is -0.140. The van der Waals surface area contributed by atoms with Gasteiger partial charge in [-0.2, -0.15) is 0 Å². The number of hydrogen-bond acceptors (Lipinski definition) is 5. The fourth-order valence-corrected chi connectivity index (χ4v) is 6.56. The lowest BCUT2D eigenvalue weighted by Gasteiger charge is -2.34. The maximum absolute atomic E-state index is 14.6. The highest BCUT2D eigenvalue weighted by Crippen LogP contribution is 2.27. The van der Waals surface area contributed by atoms with Crippen LogP contribution in [0.25, 0.3) is 0 Å². The fourth-order valence-electron chi connectivity index (χ4n) is 5.15. The molecule has 4 rings (SSSR count). The lowest BCUT2D eigenvalue weighted by Crippen LogP contribution is -2.54. The molecule has 9 heteroatoms. The Labute approximate surface area is 273 Å². The van der Waals surface area contributed by atoms with Crippen LogP contribution in [-0.4, -0.2) is 50.4 Å². The van der Waals surface area contributed by atoms with Gasteiger partial charge in [0.2, 0.25) is 11.8 Å². The molecule has 2 amide bonds. The van der Waals surface area contributed by atoms with E-state index < -0.39 is 28.5 Å². The molecule has 4 aromatic rings. The van der Waals surface area contributed by atoms with E-state index in [1.54, 1.807) is 36.4 Å². The smallest absolute Gasteiger partial charge is 0.264 e. The molecule has 0 heterocycles. The van der Waals surface area contributed by atoms with E-state index in [-0.39, 0.29) is 29.8 Å². The van der Waals surface area contributed by atoms with Crippen LogP contribution in [0, 0.1) is 13.8 Å². The first-order valence-electron chi connectivity index (χ1n) is 15.5. The maximum atomic E-state index is 14.6. The number of ether oxygens (including phenoxy) is 1. The molecule has 242 valence electrons. The van der Waals surface area contributed by atoms with Crippen LogP contribution in [0.3, 0.4) is 0 Å². The molecule has 0 spiro atoms. The molecule has 0 fully saturated rings. The first-order valence-corrected chi connectivity index (χ1v) is 16.9. The largest absolute Gasteiger partial charge is 0.494 e. The Morgan fingerprint density at radius 2 is 1.46 bits per heavy atom. The summed E-state index contributed by atoms with van der Waals surface area (Å²) in [5.41, 5.74) is 3.99. The molecule has 0 aromatic heterocycles. The van der Waals surface area contributed by atoms with E-state index >= 15 is 0 Å². The minimum Gasteiger partial charge on any atom is -0.494 e. The summed E-state index contributed by atoms with van der Waals surface area (Å²) in [6.07, 6.45) is 0.257. The van der Waals surface area contributed by atoms with Gasteiger partial charge in [0, 0.05) is 19.0 Å². The number of aryl methyl sites for hydroxylation is 2. The van der Waals surface area contributed by atoms with Gasteiger partial charge < -0.3 is 15.0 Å². The van der Waals surface area contributed by atoms with Crippen molar-refractivity contribution >= 4 is 27.5 Å². The van der Waals surface area contributed by atoms with Crippen LogP contribution in [0.2, 0.25) is 0 Å². The Morgan fingerprint density at radius 3 is 2.07 bits per heavy atom. The third-order valence-electron chi connectivity index (χ3n) is 7.63. The first kappa shape index (κ1) is 34.2. The highest BCUT2D eigenvalue weighted by molar-refractivity contribution is 7.92. The average Bonchev–Trinajstić information content (AvgIpc) is 3.03. The number of nitrogens with zero attached hydrogens (tertiary/aromatic N) is 2. The molecule has 0 radical (unpaired) electrons. The number of nitrogens with one attached hydrogen (secondary N) is 1. The summed E-state index contributed by atoms with van der Waals surface area (Å²) >= 11 is 0. The van der Waals surface area contributed by atoms with Crippen LogP contribution < -0.4 is 14.4 Å². The predicted octanol–water partition coefficient (Wildman–Crippen LogP) is 6.06. The van der Waals surface area contributed by atoms with E-state index in [4.69, 9.17) is 4.74 Å². The maximum Gasteiger partial charge on any atom is 0.264 e. The van der Waals surface area contributed by atoms with Crippen molar-refractivity contribution < 1.29 is 22.7 Å². The average molecular weight is 642 g/mol. The van der Waals surface area contributed by atoms with Crippen molar-refractivity contribution in [2.75, 3.05) is 17.5 Å². The summed E-state index contributed by atoms with van der Waals surface area (Å²) in [7, 11) is -4.20. The Hall–Kier alpha value is -4.63. The topological polar surface area (TPSA) is 96.0 Å². The molecule has 1 atom stereocenters. The highest BCUT2D eigenvalue weighted by atomic mass is 32.2. The minimum atomic E-state index is -4.20. The SMILES string of the molecule is CCOc1ccc(S(=O)(=O)N(CC(=O)N(Cc2ccccc2C)C(Cc2ccccc2)C(=O)NC(C)C)c2ccc(C)cc2)cc1. The highest BCUT2D eigenvalue weighted by Gasteiger charge is 2.35. The fraction of sp³-hybridized carbons (Fsp3) is 0.297. The molecule has 0 bridgehead atoms. The van der Waals surface area contributed by atoms with Crippen LogP contribution >= 0.6 is 0 Å². The Kier molecular flexibility index (Phi) is 11.6. The quantitative estimate of drug-likeness (QED) is 0.181. The van der Waals surface area contributed by atoms with Crippen molar-refractivity contribution in [1.29, 1.82) is 0 Å². The molecular formula is C37H43N3O5S. The summed E-state index contributed by atoms with van der Waals surface area (Å²) in [6, 6.07) is 29.3. The molecule has 1 N–H and O–H groups in total. The van der Waals surface area contributed by atoms with Crippen molar-refractivity contribution in [2.24, 2.45) is 0 Å². The molecule has 8 nitrogen and oxygen atoms in total. The zero-order valence-electron chi connectivity index (χ0n) is 27.1. The van der Waals surface area contributed by atoms with Gasteiger partial charge in [0.05, 0.1) is 17.2 Å². The lowest BCUT2D eigenvalue weighted by atomic mass is 10.0. The summed E-state index contributed by atoms with van der Waals surface area (Å²) in [5, 5.41) is 2.99. The molecule has 0 aliphatic rings. The number of benzene rings is 4. The van der Waals surface area contributed by atoms with Crippen LogP contribution in [0.1, 0.15) is 43.0 Å². The van der Waals surface area contributed by atoms with Crippen LogP contribution in [0.15, 0.2) is 108 Å². The van der Waals surface area contributed by atoms with Crippen LogP contribution in [0.4, 0.5) is 5.69 Å². The second-order valence-electron chi connectivity index (χ2n) is 11.6. The van der Waals surface area contributed by atoms with Crippen molar-refractivity contribution in [2.45, 2.75) is 64.6 Å². The van der Waals surface area contributed by atoms with E-state index in [1.165, 1.54) is 17.0 Å². The van der Waals surface area contributed by atoms with Crippen molar-refractivity contribution in [1.82, 2.24) is 10.2 Å².